The van der Waals surface area contributed by atoms with Crippen molar-refractivity contribution in [3.63, 3.8) is 0 Å². The van der Waals surface area contributed by atoms with Gasteiger partial charge in [0.25, 0.3) is 0 Å². The summed E-state index contributed by atoms with van der Waals surface area (Å²) in [5, 5.41) is 14.1. The molecule has 2 fully saturated rings. The van der Waals surface area contributed by atoms with Crippen LogP contribution in [0.2, 0.25) is 0 Å². The van der Waals surface area contributed by atoms with E-state index in [0.29, 0.717) is 6.54 Å². The molecule has 1 aliphatic heterocycles. The lowest BCUT2D eigenvalue weighted by atomic mass is 9.82. The zero-order valence-electron chi connectivity index (χ0n) is 10.7. The fourth-order valence-corrected chi connectivity index (χ4v) is 3.64. The van der Waals surface area contributed by atoms with Crippen molar-refractivity contribution in [2.45, 2.75) is 25.4 Å². The molecule has 1 N–H and O–H groups in total. The third kappa shape index (κ3) is 2.27. The molecule has 3 aliphatic rings. The van der Waals surface area contributed by atoms with Gasteiger partial charge in [-0.1, -0.05) is 12.2 Å². The highest BCUT2D eigenvalue weighted by molar-refractivity contribution is 5.86. The maximum Gasteiger partial charge on any atom is 0.224 e. The molecule has 3 rings (SSSR count). The molecule has 2 aliphatic carbocycles. The minimum Gasteiger partial charge on any atom is -0.550 e. The van der Waals surface area contributed by atoms with Gasteiger partial charge in [-0.3, -0.25) is 4.79 Å². The molecule has 5 unspecified atom stereocenters. The number of carbonyl (C=O) groups is 2. The zero-order chi connectivity index (χ0) is 13.4. The summed E-state index contributed by atoms with van der Waals surface area (Å²) in [5.41, 5.74) is 0. The Balaban J connectivity index is 1.62. The summed E-state index contributed by atoms with van der Waals surface area (Å²) in [7, 11) is 0. The average Bonchev–Trinajstić information content (AvgIpc) is 3.10. The summed E-state index contributed by atoms with van der Waals surface area (Å²) in [6, 6.07) is 0. The van der Waals surface area contributed by atoms with Crippen molar-refractivity contribution in [1.29, 1.82) is 0 Å². The number of fused-ring (bicyclic) bond motifs is 2. The second-order valence-electron chi connectivity index (χ2n) is 5.70. The predicted octanol–water partition coefficient (Wildman–Crippen LogP) is -0.530. The smallest absolute Gasteiger partial charge is 0.224 e. The molecule has 0 aromatic carbocycles. The summed E-state index contributed by atoms with van der Waals surface area (Å²) in [6.45, 7) is 1.23. The van der Waals surface area contributed by atoms with Gasteiger partial charge in [0, 0.05) is 25.0 Å². The molecule has 19 heavy (non-hydrogen) atoms. The molecule has 5 nitrogen and oxygen atoms in total. The van der Waals surface area contributed by atoms with E-state index in [0.717, 1.165) is 25.9 Å². The standard InChI is InChI=1S/C14H19NO4/c16-13(15-7-10-2-1-5-19-10)11-8-3-4-9(6-8)12(11)14(17)18/h3-4,8-12H,1-2,5-7H2,(H,15,16)(H,17,18)/p-1. The first-order valence-corrected chi connectivity index (χ1v) is 6.95. The molecule has 5 heteroatoms. The maximum absolute atomic E-state index is 12.2. The van der Waals surface area contributed by atoms with Crippen LogP contribution >= 0.6 is 0 Å². The van der Waals surface area contributed by atoms with Crippen LogP contribution in [0.4, 0.5) is 0 Å². The first kappa shape index (κ1) is 12.7. The number of hydrogen-bond acceptors (Lipinski definition) is 4. The highest BCUT2D eigenvalue weighted by Crippen LogP contribution is 2.47. The second-order valence-corrected chi connectivity index (χ2v) is 5.70. The Hall–Kier alpha value is -1.36. The molecule has 0 aromatic rings. The lowest BCUT2D eigenvalue weighted by molar-refractivity contribution is -0.313. The molecule has 104 valence electrons. The first-order chi connectivity index (χ1) is 9.16. The van der Waals surface area contributed by atoms with Crippen molar-refractivity contribution >= 4 is 11.9 Å². The summed E-state index contributed by atoms with van der Waals surface area (Å²) in [6.07, 6.45) is 6.71. The molecule has 1 saturated carbocycles. The van der Waals surface area contributed by atoms with Crippen molar-refractivity contribution in [1.82, 2.24) is 5.32 Å². The first-order valence-electron chi connectivity index (χ1n) is 6.95. The van der Waals surface area contributed by atoms with Gasteiger partial charge in [-0.2, -0.15) is 0 Å². The Kier molecular flexibility index (Phi) is 3.31. The number of carboxylic acids is 1. The lowest BCUT2D eigenvalue weighted by Gasteiger charge is -2.28. The Labute approximate surface area is 112 Å². The number of rotatable bonds is 4. The van der Waals surface area contributed by atoms with E-state index < -0.39 is 17.8 Å². The van der Waals surface area contributed by atoms with Crippen LogP contribution < -0.4 is 10.4 Å². The average molecular weight is 264 g/mol. The van der Waals surface area contributed by atoms with Gasteiger partial charge in [-0.25, -0.2) is 0 Å². The third-order valence-electron chi connectivity index (χ3n) is 4.56. The topological polar surface area (TPSA) is 78.5 Å². The van der Waals surface area contributed by atoms with Crippen molar-refractivity contribution in [2.24, 2.45) is 23.7 Å². The number of ether oxygens (including phenoxy) is 1. The molecule has 0 aromatic heterocycles. The third-order valence-corrected chi connectivity index (χ3v) is 4.56. The molecule has 0 radical (unpaired) electrons. The molecule has 0 spiro atoms. The number of carboxylic acid groups (broad SMARTS) is 1. The normalized spacial score (nSPS) is 39.7. The van der Waals surface area contributed by atoms with Gasteiger partial charge in [0.2, 0.25) is 5.91 Å². The van der Waals surface area contributed by atoms with Gasteiger partial charge in [-0.05, 0) is 31.1 Å². The fraction of sp³-hybridized carbons (Fsp3) is 0.714. The van der Waals surface area contributed by atoms with Crippen LogP contribution in [-0.2, 0) is 14.3 Å². The SMILES string of the molecule is O=C([O-])C1C2C=CC(C2)C1C(=O)NCC1CCCO1. The van der Waals surface area contributed by atoms with Crippen LogP contribution in [0.3, 0.4) is 0 Å². The number of amides is 1. The van der Waals surface area contributed by atoms with Gasteiger partial charge in [0.15, 0.2) is 0 Å². The Morgan fingerprint density at radius 3 is 2.63 bits per heavy atom. The Morgan fingerprint density at radius 1 is 1.26 bits per heavy atom. The predicted molar refractivity (Wildman–Crippen MR) is 64.7 cm³/mol. The van der Waals surface area contributed by atoms with Gasteiger partial charge in [0.1, 0.15) is 0 Å². The van der Waals surface area contributed by atoms with Crippen LogP contribution in [0.1, 0.15) is 19.3 Å². The van der Waals surface area contributed by atoms with Gasteiger partial charge in [-0.15, -0.1) is 0 Å². The molecular weight excluding hydrogens is 246 g/mol. The number of nitrogens with one attached hydrogen (secondary N) is 1. The summed E-state index contributed by atoms with van der Waals surface area (Å²) in [4.78, 5) is 23.4. The molecule has 2 bridgehead atoms. The number of hydrogen-bond donors (Lipinski definition) is 1. The number of allylic oxidation sites excluding steroid dienone is 2. The van der Waals surface area contributed by atoms with E-state index in [2.05, 4.69) is 5.32 Å². The molecular formula is C14H18NO4-. The molecule has 1 amide bonds. The highest BCUT2D eigenvalue weighted by Gasteiger charge is 2.48. The van der Waals surface area contributed by atoms with E-state index in [1.165, 1.54) is 0 Å². The van der Waals surface area contributed by atoms with E-state index in [9.17, 15) is 14.7 Å². The Morgan fingerprint density at radius 2 is 2.00 bits per heavy atom. The summed E-state index contributed by atoms with van der Waals surface area (Å²) >= 11 is 0. The van der Waals surface area contributed by atoms with E-state index in [1.807, 2.05) is 12.2 Å². The van der Waals surface area contributed by atoms with Crippen LogP contribution in [-0.4, -0.2) is 31.1 Å². The zero-order valence-corrected chi connectivity index (χ0v) is 10.7. The monoisotopic (exact) mass is 264 g/mol. The molecule has 5 atom stereocenters. The quantitative estimate of drug-likeness (QED) is 0.692. The largest absolute Gasteiger partial charge is 0.550 e. The van der Waals surface area contributed by atoms with Gasteiger partial charge >= 0.3 is 0 Å². The van der Waals surface area contributed by atoms with Crippen molar-refractivity contribution in [3.05, 3.63) is 12.2 Å². The maximum atomic E-state index is 12.2. The van der Waals surface area contributed by atoms with Crippen molar-refractivity contribution in [2.75, 3.05) is 13.2 Å². The molecule has 1 heterocycles. The van der Waals surface area contributed by atoms with Crippen LogP contribution in [0.25, 0.3) is 0 Å². The number of aliphatic carboxylic acids is 1. The summed E-state index contributed by atoms with van der Waals surface area (Å²) < 4.78 is 5.44. The van der Waals surface area contributed by atoms with Gasteiger partial charge < -0.3 is 20.0 Å². The minimum atomic E-state index is -1.10. The van der Waals surface area contributed by atoms with E-state index in [-0.39, 0.29) is 23.8 Å². The second kappa shape index (κ2) is 4.96. The van der Waals surface area contributed by atoms with Crippen LogP contribution in [0, 0.1) is 23.7 Å². The van der Waals surface area contributed by atoms with E-state index in [4.69, 9.17) is 4.74 Å². The minimum absolute atomic E-state index is 0.0338. The lowest BCUT2D eigenvalue weighted by Crippen LogP contribution is -2.46. The fourth-order valence-electron chi connectivity index (χ4n) is 3.64. The van der Waals surface area contributed by atoms with Gasteiger partial charge in [0.05, 0.1) is 12.0 Å². The van der Waals surface area contributed by atoms with E-state index >= 15 is 0 Å². The van der Waals surface area contributed by atoms with E-state index in [1.54, 1.807) is 0 Å². The Bertz CT molecular complexity index is 414. The molecule has 1 saturated heterocycles. The highest BCUT2D eigenvalue weighted by atomic mass is 16.5. The van der Waals surface area contributed by atoms with Crippen molar-refractivity contribution in [3.8, 4) is 0 Å². The number of carbonyl (C=O) groups excluding carboxylic acids is 2. The van der Waals surface area contributed by atoms with Crippen LogP contribution in [0.5, 0.6) is 0 Å². The van der Waals surface area contributed by atoms with Crippen LogP contribution in [0.15, 0.2) is 12.2 Å². The van der Waals surface area contributed by atoms with Crippen molar-refractivity contribution < 1.29 is 19.4 Å². The summed E-state index contributed by atoms with van der Waals surface area (Å²) in [5.74, 6) is -2.39.